The highest BCUT2D eigenvalue weighted by Crippen LogP contribution is 2.27. The zero-order valence-corrected chi connectivity index (χ0v) is 14.2. The van der Waals surface area contributed by atoms with Crippen LogP contribution in [0.25, 0.3) is 0 Å². The molecule has 2 rings (SSSR count). The lowest BCUT2D eigenvalue weighted by molar-refractivity contribution is 0.0546. The Morgan fingerprint density at radius 2 is 1.90 bits per heavy atom. The predicted molar refractivity (Wildman–Crippen MR) is 91.7 cm³/mol. The van der Waals surface area contributed by atoms with E-state index in [-0.39, 0.29) is 0 Å². The van der Waals surface area contributed by atoms with Crippen LogP contribution in [0.15, 0.2) is 30.3 Å². The van der Waals surface area contributed by atoms with Crippen molar-refractivity contribution in [2.24, 2.45) is 5.41 Å². The summed E-state index contributed by atoms with van der Waals surface area (Å²) in [6.45, 7) is 12.9. The van der Waals surface area contributed by atoms with Crippen molar-refractivity contribution >= 4 is 0 Å². The van der Waals surface area contributed by atoms with E-state index in [0.717, 1.165) is 13.0 Å². The van der Waals surface area contributed by atoms with Crippen LogP contribution in [0.5, 0.6) is 0 Å². The van der Waals surface area contributed by atoms with Crippen molar-refractivity contribution in [1.29, 1.82) is 0 Å². The number of nitrogens with one attached hydrogen (secondary N) is 1. The van der Waals surface area contributed by atoms with Gasteiger partial charge < -0.3 is 5.32 Å². The Bertz CT molecular complexity index is 407. The lowest BCUT2D eigenvalue weighted by Crippen LogP contribution is -2.61. The van der Waals surface area contributed by atoms with Crippen molar-refractivity contribution in [1.82, 2.24) is 10.2 Å². The summed E-state index contributed by atoms with van der Waals surface area (Å²) in [4.78, 5) is 2.73. The van der Waals surface area contributed by atoms with Gasteiger partial charge in [0.25, 0.3) is 0 Å². The Hall–Kier alpha value is -0.860. The Morgan fingerprint density at radius 3 is 2.52 bits per heavy atom. The number of nitrogens with zero attached hydrogens (tertiary/aromatic N) is 1. The van der Waals surface area contributed by atoms with Gasteiger partial charge in [0, 0.05) is 25.2 Å². The summed E-state index contributed by atoms with van der Waals surface area (Å²) < 4.78 is 0. The molecule has 1 N–H and O–H groups in total. The highest BCUT2D eigenvalue weighted by Gasteiger charge is 2.34. The van der Waals surface area contributed by atoms with Crippen molar-refractivity contribution in [3.63, 3.8) is 0 Å². The molecule has 0 saturated carbocycles. The molecule has 0 amide bonds. The highest BCUT2D eigenvalue weighted by atomic mass is 15.2. The molecule has 0 aromatic heterocycles. The maximum Gasteiger partial charge on any atom is 0.0269 e. The lowest BCUT2D eigenvalue weighted by atomic mass is 9.83. The summed E-state index contributed by atoms with van der Waals surface area (Å²) in [5.74, 6) is 0. The van der Waals surface area contributed by atoms with E-state index >= 15 is 0 Å². The van der Waals surface area contributed by atoms with Crippen LogP contribution in [0.1, 0.15) is 46.1 Å². The topological polar surface area (TPSA) is 15.3 Å². The first-order chi connectivity index (χ1) is 10.0. The maximum atomic E-state index is 3.79. The third kappa shape index (κ3) is 4.82. The molecule has 0 aliphatic carbocycles. The minimum Gasteiger partial charge on any atom is -0.311 e. The molecule has 2 atom stereocenters. The molecule has 0 spiro atoms. The molecule has 118 valence electrons. The van der Waals surface area contributed by atoms with Crippen molar-refractivity contribution < 1.29 is 0 Å². The van der Waals surface area contributed by atoms with E-state index in [2.05, 4.69) is 68.2 Å². The average Bonchev–Trinajstić information content (AvgIpc) is 2.45. The quantitative estimate of drug-likeness (QED) is 0.888. The van der Waals surface area contributed by atoms with Gasteiger partial charge in [0.2, 0.25) is 0 Å². The number of benzene rings is 1. The molecule has 1 aliphatic rings. The molecule has 1 fully saturated rings. The van der Waals surface area contributed by atoms with Crippen LogP contribution >= 0.6 is 0 Å². The largest absolute Gasteiger partial charge is 0.311 e. The first-order valence-electron chi connectivity index (χ1n) is 8.52. The monoisotopic (exact) mass is 288 g/mol. The molecule has 2 unspecified atom stereocenters. The Labute approximate surface area is 130 Å². The van der Waals surface area contributed by atoms with E-state index in [9.17, 15) is 0 Å². The fraction of sp³-hybridized carbons (Fsp3) is 0.684. The van der Waals surface area contributed by atoms with Crippen molar-refractivity contribution in [3.8, 4) is 0 Å². The molecule has 1 heterocycles. The first kappa shape index (κ1) is 16.5. The molecule has 1 aromatic carbocycles. The van der Waals surface area contributed by atoms with Crippen LogP contribution in [-0.2, 0) is 6.42 Å². The molecule has 2 heteroatoms. The second-order valence-corrected chi connectivity index (χ2v) is 7.53. The van der Waals surface area contributed by atoms with Gasteiger partial charge in [0.15, 0.2) is 0 Å². The molecular weight excluding hydrogens is 256 g/mol. The smallest absolute Gasteiger partial charge is 0.0269 e. The Morgan fingerprint density at radius 1 is 1.19 bits per heavy atom. The van der Waals surface area contributed by atoms with Gasteiger partial charge in [-0.15, -0.1) is 0 Å². The first-order valence-corrected chi connectivity index (χ1v) is 8.52. The number of rotatable bonds is 5. The number of unbranched alkanes of at least 4 members (excludes halogenated alkanes) is 1. The van der Waals surface area contributed by atoms with Crippen LogP contribution in [0.2, 0.25) is 0 Å². The zero-order chi connectivity index (χ0) is 15.3. The predicted octanol–water partition coefficient (Wildman–Crippen LogP) is 3.72. The van der Waals surface area contributed by atoms with Gasteiger partial charge >= 0.3 is 0 Å². The molecule has 1 aromatic rings. The highest BCUT2D eigenvalue weighted by molar-refractivity contribution is 5.16. The zero-order valence-electron chi connectivity index (χ0n) is 14.2. The summed E-state index contributed by atoms with van der Waals surface area (Å²) in [6, 6.07) is 12.1. The van der Waals surface area contributed by atoms with E-state index in [4.69, 9.17) is 0 Å². The van der Waals surface area contributed by atoms with E-state index in [1.807, 2.05) is 0 Å². The standard InChI is InChI=1S/C19H32N2/c1-5-6-12-21-15-17(13-16-10-8-7-9-11-16)20-14-18(21)19(2,3)4/h7-11,17-18,20H,5-6,12-15H2,1-4H3. The third-order valence-corrected chi connectivity index (χ3v) is 4.62. The van der Waals surface area contributed by atoms with Gasteiger partial charge in [-0.1, -0.05) is 64.4 Å². The molecule has 1 aliphatic heterocycles. The minimum atomic E-state index is 0.346. The van der Waals surface area contributed by atoms with Crippen molar-refractivity contribution in [2.45, 2.75) is 59.0 Å². The summed E-state index contributed by atoms with van der Waals surface area (Å²) in [5.41, 5.74) is 1.79. The van der Waals surface area contributed by atoms with Crippen molar-refractivity contribution in [2.75, 3.05) is 19.6 Å². The fourth-order valence-corrected chi connectivity index (χ4v) is 3.38. The van der Waals surface area contributed by atoms with Crippen LogP contribution < -0.4 is 5.32 Å². The fourth-order valence-electron chi connectivity index (χ4n) is 3.38. The number of hydrogen-bond donors (Lipinski definition) is 1. The van der Waals surface area contributed by atoms with Gasteiger partial charge in [0.1, 0.15) is 0 Å². The summed E-state index contributed by atoms with van der Waals surface area (Å²) in [5, 5.41) is 3.79. The van der Waals surface area contributed by atoms with Gasteiger partial charge in [-0.25, -0.2) is 0 Å². The summed E-state index contributed by atoms with van der Waals surface area (Å²) in [7, 11) is 0. The molecule has 1 saturated heterocycles. The van der Waals surface area contributed by atoms with E-state index in [1.165, 1.54) is 31.5 Å². The second kappa shape index (κ2) is 7.42. The van der Waals surface area contributed by atoms with E-state index < -0.39 is 0 Å². The van der Waals surface area contributed by atoms with Crippen LogP contribution in [-0.4, -0.2) is 36.6 Å². The molecule has 0 bridgehead atoms. The molecule has 0 radical (unpaired) electrons. The Balaban J connectivity index is 1.99. The van der Waals surface area contributed by atoms with Crippen LogP contribution in [0.3, 0.4) is 0 Å². The van der Waals surface area contributed by atoms with Gasteiger partial charge in [0.05, 0.1) is 0 Å². The number of hydrogen-bond acceptors (Lipinski definition) is 2. The van der Waals surface area contributed by atoms with Gasteiger partial charge in [-0.3, -0.25) is 4.90 Å². The molecule has 21 heavy (non-hydrogen) atoms. The second-order valence-electron chi connectivity index (χ2n) is 7.53. The summed E-state index contributed by atoms with van der Waals surface area (Å²) in [6.07, 6.45) is 3.73. The van der Waals surface area contributed by atoms with E-state index in [0.29, 0.717) is 17.5 Å². The van der Waals surface area contributed by atoms with Crippen molar-refractivity contribution in [3.05, 3.63) is 35.9 Å². The lowest BCUT2D eigenvalue weighted by Gasteiger charge is -2.46. The third-order valence-electron chi connectivity index (χ3n) is 4.62. The number of piperazine rings is 1. The summed E-state index contributed by atoms with van der Waals surface area (Å²) >= 11 is 0. The average molecular weight is 288 g/mol. The SMILES string of the molecule is CCCCN1CC(Cc2ccccc2)NCC1C(C)(C)C. The van der Waals surface area contributed by atoms with Gasteiger partial charge in [-0.2, -0.15) is 0 Å². The van der Waals surface area contributed by atoms with E-state index in [1.54, 1.807) is 0 Å². The molecular formula is C19H32N2. The maximum absolute atomic E-state index is 3.79. The minimum absolute atomic E-state index is 0.346. The van der Waals surface area contributed by atoms with Gasteiger partial charge in [-0.05, 0) is 30.4 Å². The Kier molecular flexibility index (Phi) is 5.83. The van der Waals surface area contributed by atoms with Crippen LogP contribution in [0.4, 0.5) is 0 Å². The van der Waals surface area contributed by atoms with Crippen LogP contribution in [0, 0.1) is 5.41 Å². The normalized spacial score (nSPS) is 24.2. The molecule has 2 nitrogen and oxygen atoms in total.